The van der Waals surface area contributed by atoms with Crippen LogP contribution in [0.2, 0.25) is 0 Å². The molecule has 1 saturated heterocycles. The summed E-state index contributed by atoms with van der Waals surface area (Å²) in [6.07, 6.45) is 4.77. The second kappa shape index (κ2) is 9.28. The van der Waals surface area contributed by atoms with E-state index in [9.17, 15) is 9.90 Å². The Morgan fingerprint density at radius 2 is 1.93 bits per heavy atom. The van der Waals surface area contributed by atoms with Gasteiger partial charge < -0.3 is 25.0 Å². The molecule has 1 saturated carbocycles. The molecule has 7 nitrogen and oxygen atoms in total. The Kier molecular flexibility index (Phi) is 6.78. The van der Waals surface area contributed by atoms with E-state index in [4.69, 9.17) is 9.73 Å². The zero-order valence-electron chi connectivity index (χ0n) is 17.1. The smallest absolute Gasteiger partial charge is 0.337 e. The fraction of sp³-hybridized carbons (Fsp3) is 0.619. The fourth-order valence-electron chi connectivity index (χ4n) is 3.86. The van der Waals surface area contributed by atoms with Gasteiger partial charge in [-0.15, -0.1) is 0 Å². The fourth-order valence-corrected chi connectivity index (χ4v) is 3.86. The molecule has 28 heavy (non-hydrogen) atoms. The summed E-state index contributed by atoms with van der Waals surface area (Å²) in [5, 5.41) is 13.7. The van der Waals surface area contributed by atoms with Gasteiger partial charge in [-0.1, -0.05) is 19.8 Å². The predicted octanol–water partition coefficient (Wildman–Crippen LogP) is 2.77. The van der Waals surface area contributed by atoms with Crippen molar-refractivity contribution in [2.45, 2.75) is 38.6 Å². The minimum Gasteiger partial charge on any atom is -0.506 e. The molecule has 154 valence electrons. The van der Waals surface area contributed by atoms with Crippen LogP contribution in [0.1, 0.15) is 43.0 Å². The van der Waals surface area contributed by atoms with Crippen molar-refractivity contribution in [1.29, 1.82) is 0 Å². The van der Waals surface area contributed by atoms with E-state index in [1.165, 1.54) is 32.4 Å². The molecule has 0 bridgehead atoms. The lowest BCUT2D eigenvalue weighted by molar-refractivity contribution is 0.0601. The first kappa shape index (κ1) is 20.5. The van der Waals surface area contributed by atoms with E-state index in [-0.39, 0.29) is 11.8 Å². The van der Waals surface area contributed by atoms with Crippen LogP contribution in [-0.2, 0) is 4.74 Å². The van der Waals surface area contributed by atoms with E-state index in [1.54, 1.807) is 12.1 Å². The van der Waals surface area contributed by atoms with Crippen LogP contribution < -0.4 is 5.32 Å². The maximum atomic E-state index is 11.9. The highest BCUT2D eigenvalue weighted by molar-refractivity contribution is 5.97. The van der Waals surface area contributed by atoms with Gasteiger partial charge >= 0.3 is 5.97 Å². The lowest BCUT2D eigenvalue weighted by atomic mass is 9.86. The van der Waals surface area contributed by atoms with E-state index >= 15 is 0 Å². The summed E-state index contributed by atoms with van der Waals surface area (Å²) < 4.78 is 4.81. The highest BCUT2D eigenvalue weighted by Gasteiger charge is 2.25. The maximum Gasteiger partial charge on any atom is 0.337 e. The number of benzene rings is 1. The number of nitrogens with zero attached hydrogens (tertiary/aromatic N) is 3. The van der Waals surface area contributed by atoms with E-state index in [2.05, 4.69) is 29.1 Å². The molecule has 0 spiro atoms. The molecular weight excluding hydrogens is 356 g/mol. The van der Waals surface area contributed by atoms with Gasteiger partial charge in [0.2, 0.25) is 0 Å². The number of piperazine rings is 1. The first-order valence-electron chi connectivity index (χ1n) is 10.2. The van der Waals surface area contributed by atoms with E-state index in [1.807, 2.05) is 0 Å². The van der Waals surface area contributed by atoms with Crippen LogP contribution in [0, 0.1) is 5.92 Å². The average Bonchev–Trinajstić information content (AvgIpc) is 2.70. The zero-order chi connectivity index (χ0) is 20.1. The van der Waals surface area contributed by atoms with E-state index < -0.39 is 5.97 Å². The van der Waals surface area contributed by atoms with Crippen molar-refractivity contribution in [3.8, 4) is 5.75 Å². The van der Waals surface area contributed by atoms with Crippen LogP contribution in [0.15, 0.2) is 23.2 Å². The number of likely N-dealkylation sites (N-methyl/N-ethyl adjacent to an activating group) is 1. The maximum absolute atomic E-state index is 11.9. The second-order valence-corrected chi connectivity index (χ2v) is 7.92. The number of carbonyl (C=O) groups excluding carboxylic acids is 1. The van der Waals surface area contributed by atoms with Crippen LogP contribution in [0.25, 0.3) is 0 Å². The van der Waals surface area contributed by atoms with Gasteiger partial charge in [0.05, 0.1) is 24.4 Å². The number of hydrogen-bond acceptors (Lipinski definition) is 5. The minimum absolute atomic E-state index is 0.0890. The molecule has 0 amide bonds. The molecule has 2 N–H and O–H groups in total. The Labute approximate surface area is 167 Å². The van der Waals surface area contributed by atoms with Crippen LogP contribution in [0.4, 0.5) is 5.69 Å². The Morgan fingerprint density at radius 1 is 1.21 bits per heavy atom. The Hall–Kier alpha value is -2.28. The number of hydrogen-bond donors (Lipinski definition) is 2. The number of phenols is 1. The number of methoxy groups -OCH3 is 1. The molecule has 2 fully saturated rings. The summed E-state index contributed by atoms with van der Waals surface area (Å²) in [6.45, 7) is 5.95. The van der Waals surface area contributed by atoms with Crippen molar-refractivity contribution in [3.05, 3.63) is 23.8 Å². The average molecular weight is 389 g/mol. The van der Waals surface area contributed by atoms with Crippen LogP contribution in [0.3, 0.4) is 0 Å². The van der Waals surface area contributed by atoms with Crippen molar-refractivity contribution in [1.82, 2.24) is 9.80 Å². The molecule has 1 aliphatic carbocycles. The van der Waals surface area contributed by atoms with Gasteiger partial charge in [-0.2, -0.15) is 0 Å². The first-order valence-corrected chi connectivity index (χ1v) is 10.2. The predicted molar refractivity (Wildman–Crippen MR) is 111 cm³/mol. The molecule has 7 heteroatoms. The minimum atomic E-state index is -0.429. The van der Waals surface area contributed by atoms with Crippen molar-refractivity contribution in [3.63, 3.8) is 0 Å². The monoisotopic (exact) mass is 388 g/mol. The molecule has 3 rings (SSSR count). The molecule has 1 aromatic carbocycles. The number of aromatic hydroxyl groups is 1. The normalized spacial score (nSPS) is 24.1. The molecule has 1 aliphatic heterocycles. The molecule has 0 aromatic heterocycles. The number of anilines is 1. The molecular formula is C21H32N4O3. The summed E-state index contributed by atoms with van der Waals surface area (Å²) in [6, 6.07) is 4.97. The van der Waals surface area contributed by atoms with Gasteiger partial charge in [-0.25, -0.2) is 9.79 Å². The van der Waals surface area contributed by atoms with Crippen molar-refractivity contribution >= 4 is 17.6 Å². The highest BCUT2D eigenvalue weighted by Crippen LogP contribution is 2.28. The van der Waals surface area contributed by atoms with Gasteiger partial charge in [0.1, 0.15) is 5.75 Å². The molecule has 2 atom stereocenters. The SMILES string of the molecule is COC(=O)c1ccc(O)c(NC(=NC2CCCCC2C)N2CCN(C)CC2)c1. The van der Waals surface area contributed by atoms with Crippen LogP contribution in [-0.4, -0.2) is 73.2 Å². The van der Waals surface area contributed by atoms with Crippen LogP contribution in [0.5, 0.6) is 5.75 Å². The second-order valence-electron chi connectivity index (χ2n) is 7.92. The quantitative estimate of drug-likeness (QED) is 0.359. The van der Waals surface area contributed by atoms with Crippen molar-refractivity contribution in [2.75, 3.05) is 45.7 Å². The number of phenolic OH excluding ortho intramolecular Hbond substituents is 1. The molecule has 0 radical (unpaired) electrons. The summed E-state index contributed by atoms with van der Waals surface area (Å²) in [5.41, 5.74) is 0.871. The van der Waals surface area contributed by atoms with Crippen LogP contribution >= 0.6 is 0 Å². The summed E-state index contributed by atoms with van der Waals surface area (Å²) in [5.74, 6) is 0.991. The third kappa shape index (κ3) is 4.95. The van der Waals surface area contributed by atoms with E-state index in [0.717, 1.165) is 38.6 Å². The number of esters is 1. The summed E-state index contributed by atoms with van der Waals surface area (Å²) in [4.78, 5) is 21.5. The molecule has 1 aromatic rings. The number of guanidine groups is 1. The van der Waals surface area contributed by atoms with Gasteiger partial charge in [-0.3, -0.25) is 0 Å². The number of rotatable bonds is 3. The van der Waals surface area contributed by atoms with Gasteiger partial charge in [0, 0.05) is 26.2 Å². The summed E-state index contributed by atoms with van der Waals surface area (Å²) >= 11 is 0. The summed E-state index contributed by atoms with van der Waals surface area (Å²) in [7, 11) is 3.47. The van der Waals surface area contributed by atoms with Crippen molar-refractivity contribution in [2.24, 2.45) is 10.9 Å². The van der Waals surface area contributed by atoms with Gasteiger partial charge in [0.15, 0.2) is 5.96 Å². The Bertz CT molecular complexity index is 714. The molecule has 2 aliphatic rings. The number of nitrogens with one attached hydrogen (secondary N) is 1. The Balaban J connectivity index is 1.87. The zero-order valence-corrected chi connectivity index (χ0v) is 17.1. The van der Waals surface area contributed by atoms with E-state index in [0.29, 0.717) is 17.2 Å². The third-order valence-electron chi connectivity index (χ3n) is 5.82. The molecule has 2 unspecified atom stereocenters. The number of ether oxygens (including phenoxy) is 1. The first-order chi connectivity index (χ1) is 13.5. The standard InChI is InChI=1S/C21H32N4O3/c1-15-6-4-5-7-17(15)22-21(25-12-10-24(2)11-13-25)23-18-14-16(20(27)28-3)8-9-19(18)26/h8-9,14-15,17,26H,4-7,10-13H2,1-3H3,(H,22,23). The van der Waals surface area contributed by atoms with Gasteiger partial charge in [-0.05, 0) is 44.0 Å². The van der Waals surface area contributed by atoms with Crippen molar-refractivity contribution < 1.29 is 14.6 Å². The highest BCUT2D eigenvalue weighted by atomic mass is 16.5. The number of aliphatic imine (C=N–C) groups is 1. The largest absolute Gasteiger partial charge is 0.506 e. The topological polar surface area (TPSA) is 77.4 Å². The lowest BCUT2D eigenvalue weighted by Crippen LogP contribution is -2.49. The number of carbonyl (C=O) groups is 1. The van der Waals surface area contributed by atoms with Gasteiger partial charge in [0.25, 0.3) is 0 Å². The lowest BCUT2D eigenvalue weighted by Gasteiger charge is -2.36. The Morgan fingerprint density at radius 3 is 2.61 bits per heavy atom. The third-order valence-corrected chi connectivity index (χ3v) is 5.82. The molecule has 1 heterocycles.